The van der Waals surface area contributed by atoms with Crippen molar-refractivity contribution in [1.29, 1.82) is 0 Å². The number of thiophene rings is 1. The summed E-state index contributed by atoms with van der Waals surface area (Å²) in [6.07, 6.45) is 2.74. The molecule has 0 N–H and O–H groups in total. The van der Waals surface area contributed by atoms with Gasteiger partial charge in [-0.2, -0.15) is 0 Å². The predicted octanol–water partition coefficient (Wildman–Crippen LogP) is 3.74. The third-order valence-electron chi connectivity index (χ3n) is 2.74. The second-order valence-electron chi connectivity index (χ2n) is 4.05. The Bertz CT molecular complexity index is 291. The van der Waals surface area contributed by atoms with Gasteiger partial charge in [-0.3, -0.25) is 4.90 Å². The number of rotatable bonds is 4. The fourth-order valence-corrected chi connectivity index (χ4v) is 3.58. The fourth-order valence-electron chi connectivity index (χ4n) is 2.05. The van der Waals surface area contributed by atoms with Gasteiger partial charge < -0.3 is 0 Å². The minimum atomic E-state index is 0.975. The molecule has 2 heterocycles. The molecule has 0 unspecified atom stereocenters. The lowest BCUT2D eigenvalue weighted by Gasteiger charge is -2.39. The number of likely N-dealkylation sites (tertiary alicyclic amines) is 1. The first-order chi connectivity index (χ1) is 6.78. The largest absolute Gasteiger partial charge is 0.298 e. The molecule has 0 bridgehead atoms. The van der Waals surface area contributed by atoms with Crippen molar-refractivity contribution in [3.63, 3.8) is 0 Å². The number of nitrogens with zero attached hydrogens (tertiary/aromatic N) is 1. The average Bonchev–Trinajstić information content (AvgIpc) is 2.48. The van der Waals surface area contributed by atoms with E-state index in [-0.39, 0.29) is 0 Å². The summed E-state index contributed by atoms with van der Waals surface area (Å²) in [5, 5.41) is 0. The van der Waals surface area contributed by atoms with E-state index in [1.54, 1.807) is 0 Å². The second-order valence-corrected chi connectivity index (χ2v) is 6.60. The van der Waals surface area contributed by atoms with Crippen molar-refractivity contribution in [3.8, 4) is 0 Å². The van der Waals surface area contributed by atoms with Crippen LogP contribution in [0.25, 0.3) is 0 Å². The van der Waals surface area contributed by atoms with Gasteiger partial charge in [0.25, 0.3) is 0 Å². The van der Waals surface area contributed by atoms with Crippen molar-refractivity contribution in [2.45, 2.75) is 26.3 Å². The summed E-state index contributed by atoms with van der Waals surface area (Å²) in [6.45, 7) is 6.04. The van der Waals surface area contributed by atoms with E-state index >= 15 is 0 Å². The predicted molar refractivity (Wildman–Crippen MR) is 65.7 cm³/mol. The Morgan fingerprint density at radius 1 is 1.50 bits per heavy atom. The summed E-state index contributed by atoms with van der Waals surface area (Å²) in [5.41, 5.74) is 0. The minimum absolute atomic E-state index is 0.975. The zero-order valence-corrected chi connectivity index (χ0v) is 10.9. The van der Waals surface area contributed by atoms with Crippen LogP contribution in [-0.4, -0.2) is 18.0 Å². The Morgan fingerprint density at radius 2 is 2.29 bits per heavy atom. The van der Waals surface area contributed by atoms with E-state index in [2.05, 4.69) is 39.9 Å². The third-order valence-corrected chi connectivity index (χ3v) is 4.35. The van der Waals surface area contributed by atoms with Crippen LogP contribution in [-0.2, 0) is 6.54 Å². The van der Waals surface area contributed by atoms with E-state index in [1.807, 2.05) is 11.3 Å². The van der Waals surface area contributed by atoms with Crippen molar-refractivity contribution in [2.75, 3.05) is 13.1 Å². The van der Waals surface area contributed by atoms with Crippen molar-refractivity contribution in [2.24, 2.45) is 5.92 Å². The summed E-state index contributed by atoms with van der Waals surface area (Å²) in [7, 11) is 0. The SMILES string of the molecule is CCCC1CN(Cc2ccc(Br)s2)C1. The molecule has 1 nitrogen and oxygen atoms in total. The lowest BCUT2D eigenvalue weighted by atomic mass is 9.95. The molecular weight excluding hydrogens is 258 g/mol. The van der Waals surface area contributed by atoms with Gasteiger partial charge in [0.05, 0.1) is 3.79 Å². The Kier molecular flexibility index (Phi) is 3.63. The van der Waals surface area contributed by atoms with Gasteiger partial charge in [-0.05, 0) is 40.4 Å². The summed E-state index contributed by atoms with van der Waals surface area (Å²) in [4.78, 5) is 4.02. The molecule has 0 spiro atoms. The topological polar surface area (TPSA) is 3.24 Å². The van der Waals surface area contributed by atoms with Crippen molar-refractivity contribution in [1.82, 2.24) is 4.90 Å². The van der Waals surface area contributed by atoms with Gasteiger partial charge in [0, 0.05) is 24.5 Å². The Hall–Kier alpha value is 0.140. The zero-order valence-electron chi connectivity index (χ0n) is 8.50. The molecule has 1 aromatic rings. The lowest BCUT2D eigenvalue weighted by molar-refractivity contribution is 0.0871. The van der Waals surface area contributed by atoms with Crippen LogP contribution < -0.4 is 0 Å². The molecule has 0 aliphatic carbocycles. The monoisotopic (exact) mass is 273 g/mol. The molecule has 2 rings (SSSR count). The van der Waals surface area contributed by atoms with Crippen molar-refractivity contribution >= 4 is 27.3 Å². The maximum absolute atomic E-state index is 3.50. The third kappa shape index (κ3) is 2.59. The van der Waals surface area contributed by atoms with Crippen LogP contribution in [0, 0.1) is 5.92 Å². The molecule has 1 aliphatic rings. The molecular formula is C11H16BrNS. The normalized spacial score (nSPS) is 18.4. The molecule has 1 saturated heterocycles. The van der Waals surface area contributed by atoms with E-state index in [9.17, 15) is 0 Å². The van der Waals surface area contributed by atoms with E-state index in [4.69, 9.17) is 0 Å². The molecule has 14 heavy (non-hydrogen) atoms. The summed E-state index contributed by atoms with van der Waals surface area (Å²) < 4.78 is 1.25. The van der Waals surface area contributed by atoms with Crippen LogP contribution in [0.1, 0.15) is 24.6 Å². The van der Waals surface area contributed by atoms with Crippen LogP contribution in [0.5, 0.6) is 0 Å². The van der Waals surface area contributed by atoms with Gasteiger partial charge in [0.15, 0.2) is 0 Å². The van der Waals surface area contributed by atoms with Gasteiger partial charge in [-0.25, -0.2) is 0 Å². The van der Waals surface area contributed by atoms with E-state index < -0.39 is 0 Å². The smallest absolute Gasteiger partial charge is 0.0701 e. The standard InChI is InChI=1S/C11H16BrNS/c1-2-3-9-6-13(7-9)8-10-4-5-11(12)14-10/h4-5,9H,2-3,6-8H2,1H3. The Balaban J connectivity index is 1.74. The summed E-state index contributed by atoms with van der Waals surface area (Å²) >= 11 is 5.35. The molecule has 0 aromatic carbocycles. The van der Waals surface area contributed by atoms with E-state index in [1.165, 1.54) is 34.6 Å². The summed E-state index contributed by atoms with van der Waals surface area (Å²) in [5.74, 6) is 0.975. The van der Waals surface area contributed by atoms with Gasteiger partial charge >= 0.3 is 0 Å². The molecule has 1 fully saturated rings. The van der Waals surface area contributed by atoms with Crippen LogP contribution >= 0.6 is 27.3 Å². The maximum atomic E-state index is 3.50. The first-order valence-corrected chi connectivity index (χ1v) is 6.85. The quantitative estimate of drug-likeness (QED) is 0.808. The molecule has 78 valence electrons. The average molecular weight is 274 g/mol. The first-order valence-electron chi connectivity index (χ1n) is 5.24. The van der Waals surface area contributed by atoms with Crippen LogP contribution in [0.3, 0.4) is 0 Å². The molecule has 1 aliphatic heterocycles. The highest BCUT2D eigenvalue weighted by atomic mass is 79.9. The molecule has 0 saturated carbocycles. The highest BCUT2D eigenvalue weighted by Crippen LogP contribution is 2.27. The zero-order chi connectivity index (χ0) is 9.97. The number of hydrogen-bond donors (Lipinski definition) is 0. The summed E-state index contributed by atoms with van der Waals surface area (Å²) in [6, 6.07) is 4.37. The van der Waals surface area contributed by atoms with E-state index in [0.29, 0.717) is 0 Å². The van der Waals surface area contributed by atoms with E-state index in [0.717, 1.165) is 12.5 Å². The highest BCUT2D eigenvalue weighted by molar-refractivity contribution is 9.11. The van der Waals surface area contributed by atoms with Gasteiger partial charge in [0.2, 0.25) is 0 Å². The fraction of sp³-hybridized carbons (Fsp3) is 0.636. The Labute approximate surface area is 98.2 Å². The number of hydrogen-bond acceptors (Lipinski definition) is 2. The molecule has 0 atom stereocenters. The molecule has 3 heteroatoms. The molecule has 0 radical (unpaired) electrons. The minimum Gasteiger partial charge on any atom is -0.298 e. The van der Waals surface area contributed by atoms with Crippen LogP contribution in [0.2, 0.25) is 0 Å². The van der Waals surface area contributed by atoms with Gasteiger partial charge in [-0.15, -0.1) is 11.3 Å². The van der Waals surface area contributed by atoms with Crippen LogP contribution in [0.15, 0.2) is 15.9 Å². The molecule has 1 aromatic heterocycles. The maximum Gasteiger partial charge on any atom is 0.0701 e. The number of halogens is 1. The lowest BCUT2D eigenvalue weighted by Crippen LogP contribution is -2.45. The molecule has 0 amide bonds. The van der Waals surface area contributed by atoms with Crippen molar-refractivity contribution in [3.05, 3.63) is 20.8 Å². The Morgan fingerprint density at radius 3 is 2.86 bits per heavy atom. The first kappa shape index (κ1) is 10.7. The second kappa shape index (κ2) is 4.77. The van der Waals surface area contributed by atoms with Crippen molar-refractivity contribution < 1.29 is 0 Å². The van der Waals surface area contributed by atoms with Gasteiger partial charge in [0.1, 0.15) is 0 Å². The van der Waals surface area contributed by atoms with Crippen LogP contribution in [0.4, 0.5) is 0 Å². The highest BCUT2D eigenvalue weighted by Gasteiger charge is 2.25. The van der Waals surface area contributed by atoms with Gasteiger partial charge in [-0.1, -0.05) is 13.3 Å².